The first-order chi connectivity index (χ1) is 20.0. The molecule has 0 bridgehead atoms. The average molecular weight is 586 g/mol. The minimum atomic E-state index is -4.29. The number of hydrogen-bond donors (Lipinski definition) is 0. The van der Waals surface area contributed by atoms with Crippen molar-refractivity contribution in [1.29, 1.82) is 0 Å². The van der Waals surface area contributed by atoms with Crippen LogP contribution in [-0.4, -0.2) is 50.4 Å². The highest BCUT2D eigenvalue weighted by molar-refractivity contribution is 7.90. The van der Waals surface area contributed by atoms with Gasteiger partial charge in [0.25, 0.3) is 15.9 Å². The molecule has 1 amide bonds. The minimum Gasteiger partial charge on any atom is -0.465 e. The van der Waals surface area contributed by atoms with Gasteiger partial charge in [-0.05, 0) is 66.6 Å². The summed E-state index contributed by atoms with van der Waals surface area (Å²) in [6.45, 7) is 2.33. The first-order valence-corrected chi connectivity index (χ1v) is 14.7. The number of aromatic nitrogens is 1. The van der Waals surface area contributed by atoms with E-state index in [0.717, 1.165) is 26.9 Å². The molecule has 0 fully saturated rings. The molecule has 0 N–H and O–H groups in total. The lowest BCUT2D eigenvalue weighted by Crippen LogP contribution is -2.23. The van der Waals surface area contributed by atoms with Gasteiger partial charge in [-0.15, -0.1) is 0 Å². The van der Waals surface area contributed by atoms with Crippen LogP contribution in [0.25, 0.3) is 21.8 Å². The Balaban J connectivity index is 1.61. The van der Waals surface area contributed by atoms with E-state index < -0.39 is 21.8 Å². The van der Waals surface area contributed by atoms with Crippen molar-refractivity contribution in [3.8, 4) is 0 Å². The first-order valence-electron chi connectivity index (χ1n) is 13.3. The summed E-state index contributed by atoms with van der Waals surface area (Å²) in [7, 11) is 0.798. The number of carbonyl (C=O) groups is 2. The number of fused-ring (bicyclic) bond motifs is 5. The van der Waals surface area contributed by atoms with Gasteiger partial charge in [0.1, 0.15) is 5.82 Å². The lowest BCUT2D eigenvalue weighted by Gasteiger charge is -2.17. The fourth-order valence-electron chi connectivity index (χ4n) is 5.59. The van der Waals surface area contributed by atoms with Crippen molar-refractivity contribution in [2.24, 2.45) is 0 Å². The molecule has 10 heteroatoms. The monoisotopic (exact) mass is 585 g/mol. The average Bonchev–Trinajstić information content (AvgIpc) is 3.46. The lowest BCUT2D eigenvalue weighted by molar-refractivity contribution is 0.0602. The van der Waals surface area contributed by atoms with Crippen molar-refractivity contribution in [1.82, 2.24) is 8.87 Å². The molecule has 42 heavy (non-hydrogen) atoms. The van der Waals surface area contributed by atoms with Crippen LogP contribution in [0.4, 0.5) is 10.1 Å². The largest absolute Gasteiger partial charge is 0.465 e. The van der Waals surface area contributed by atoms with E-state index >= 15 is 0 Å². The molecule has 6 rings (SSSR count). The molecule has 214 valence electrons. The summed E-state index contributed by atoms with van der Waals surface area (Å²) in [5.41, 5.74) is 3.68. The third-order valence-corrected chi connectivity index (χ3v) is 9.41. The topological polar surface area (TPSA) is 88.9 Å². The number of benzene rings is 4. The molecule has 4 aromatic carbocycles. The van der Waals surface area contributed by atoms with Crippen molar-refractivity contribution in [3.63, 3.8) is 0 Å². The van der Waals surface area contributed by atoms with Crippen LogP contribution in [-0.2, 0) is 27.8 Å². The number of hydrogen-bond acceptors (Lipinski definition) is 6. The van der Waals surface area contributed by atoms with Crippen molar-refractivity contribution >= 4 is 49.4 Å². The minimum absolute atomic E-state index is 0.0123. The molecule has 0 saturated carbocycles. The third-order valence-electron chi connectivity index (χ3n) is 7.68. The van der Waals surface area contributed by atoms with E-state index in [-0.39, 0.29) is 50.3 Å². The summed E-state index contributed by atoms with van der Waals surface area (Å²) in [5, 5.41) is 0.418. The summed E-state index contributed by atoms with van der Waals surface area (Å²) in [6, 6.07) is 19.3. The normalized spacial score (nSPS) is 13.2. The molecule has 0 unspecified atom stereocenters. The SMILES string of the molecule is COC(=O)c1cc2c(c3c4cc(F)ccc4n(S(=O)(=O)c4ccc(C)cc4)c13)C(=O)N(Cc1ccc(N(C)C)cc1)C2. The summed E-state index contributed by atoms with van der Waals surface area (Å²) in [6.07, 6.45) is 0. The highest BCUT2D eigenvalue weighted by Gasteiger charge is 2.36. The van der Waals surface area contributed by atoms with E-state index in [2.05, 4.69) is 0 Å². The zero-order chi connectivity index (χ0) is 29.9. The van der Waals surface area contributed by atoms with Crippen molar-refractivity contribution in [2.45, 2.75) is 24.9 Å². The standard InChI is InChI=1S/C32H28FN3O5S/c1-19-5-12-24(13-6-19)42(39,40)36-27-14-9-22(33)16-25(27)29-28-21(15-26(30(29)36)32(38)41-4)18-35(31(28)37)17-20-7-10-23(11-8-20)34(2)3/h5-16H,17-18H2,1-4H3. The maximum absolute atomic E-state index is 14.7. The molecule has 0 saturated heterocycles. The molecular weight excluding hydrogens is 557 g/mol. The summed E-state index contributed by atoms with van der Waals surface area (Å²) in [5.74, 6) is -1.70. The number of amides is 1. The van der Waals surface area contributed by atoms with Gasteiger partial charge in [0.2, 0.25) is 0 Å². The zero-order valence-corrected chi connectivity index (χ0v) is 24.3. The highest BCUT2D eigenvalue weighted by Crippen LogP contribution is 2.42. The molecule has 0 radical (unpaired) electrons. The molecule has 2 heterocycles. The van der Waals surface area contributed by atoms with E-state index in [1.165, 1.54) is 37.4 Å². The van der Waals surface area contributed by atoms with Gasteiger partial charge in [0.15, 0.2) is 0 Å². The second-order valence-corrected chi connectivity index (χ2v) is 12.4. The van der Waals surface area contributed by atoms with Crippen LogP contribution in [0, 0.1) is 12.7 Å². The van der Waals surface area contributed by atoms with Crippen LogP contribution >= 0.6 is 0 Å². The second kappa shape index (κ2) is 9.99. The zero-order valence-electron chi connectivity index (χ0n) is 23.5. The predicted molar refractivity (Wildman–Crippen MR) is 159 cm³/mol. The number of rotatable bonds is 6. The van der Waals surface area contributed by atoms with Gasteiger partial charge in [-0.25, -0.2) is 21.6 Å². The first kappa shape index (κ1) is 27.5. The van der Waals surface area contributed by atoms with Gasteiger partial charge >= 0.3 is 5.97 Å². The smallest absolute Gasteiger partial charge is 0.340 e. The van der Waals surface area contributed by atoms with Gasteiger partial charge in [0.05, 0.1) is 34.2 Å². The Morgan fingerprint density at radius 3 is 2.33 bits per heavy atom. The summed E-state index contributed by atoms with van der Waals surface area (Å²) < 4.78 is 49.1. The Bertz CT molecular complexity index is 2010. The number of halogens is 1. The number of esters is 1. The molecule has 5 aromatic rings. The highest BCUT2D eigenvalue weighted by atomic mass is 32.2. The van der Waals surface area contributed by atoms with E-state index in [9.17, 15) is 22.4 Å². The Morgan fingerprint density at radius 2 is 1.69 bits per heavy atom. The Kier molecular flexibility index (Phi) is 6.53. The summed E-state index contributed by atoms with van der Waals surface area (Å²) >= 11 is 0. The Labute approximate surface area is 242 Å². The van der Waals surface area contributed by atoms with Crippen molar-refractivity contribution in [2.75, 3.05) is 26.1 Å². The number of anilines is 1. The molecule has 0 spiro atoms. The lowest BCUT2D eigenvalue weighted by atomic mass is 9.98. The number of carbonyl (C=O) groups excluding carboxylic acids is 2. The van der Waals surface area contributed by atoms with Crippen LogP contribution < -0.4 is 4.90 Å². The molecule has 1 aliphatic heterocycles. The molecule has 8 nitrogen and oxygen atoms in total. The molecule has 1 aromatic heterocycles. The van der Waals surface area contributed by atoms with Crippen LogP contribution in [0.2, 0.25) is 0 Å². The Morgan fingerprint density at radius 1 is 1.00 bits per heavy atom. The van der Waals surface area contributed by atoms with Gasteiger partial charge in [0, 0.05) is 43.6 Å². The third kappa shape index (κ3) is 4.30. The number of methoxy groups -OCH3 is 1. The molecule has 0 aliphatic carbocycles. The second-order valence-electron chi connectivity index (χ2n) is 10.6. The molecule has 0 atom stereocenters. The maximum atomic E-state index is 14.7. The van der Waals surface area contributed by atoms with E-state index in [0.29, 0.717) is 12.1 Å². The predicted octanol–water partition coefficient (Wildman–Crippen LogP) is 5.49. The summed E-state index contributed by atoms with van der Waals surface area (Å²) in [4.78, 5) is 30.7. The van der Waals surface area contributed by atoms with Gasteiger partial charge in [-0.3, -0.25) is 4.79 Å². The van der Waals surface area contributed by atoms with Crippen molar-refractivity contribution in [3.05, 3.63) is 106 Å². The molecule has 1 aliphatic rings. The fourth-order valence-corrected chi connectivity index (χ4v) is 7.13. The van der Waals surface area contributed by atoms with Gasteiger partial charge in [-0.2, -0.15) is 0 Å². The Hall–Kier alpha value is -4.70. The van der Waals surface area contributed by atoms with Crippen LogP contribution in [0.3, 0.4) is 0 Å². The maximum Gasteiger partial charge on any atom is 0.340 e. The number of aryl methyl sites for hydroxylation is 1. The van der Waals surface area contributed by atoms with E-state index in [4.69, 9.17) is 4.74 Å². The number of ether oxygens (including phenoxy) is 1. The van der Waals surface area contributed by atoms with E-state index in [1.54, 1.807) is 17.0 Å². The van der Waals surface area contributed by atoms with Crippen LogP contribution in [0.15, 0.2) is 77.7 Å². The quantitative estimate of drug-likeness (QED) is 0.245. The van der Waals surface area contributed by atoms with Crippen LogP contribution in [0.1, 0.15) is 37.4 Å². The van der Waals surface area contributed by atoms with Crippen molar-refractivity contribution < 1.29 is 27.1 Å². The van der Waals surface area contributed by atoms with E-state index in [1.807, 2.05) is 50.2 Å². The van der Waals surface area contributed by atoms with Gasteiger partial charge < -0.3 is 14.5 Å². The fraction of sp³-hybridized carbons (Fsp3) is 0.188. The van der Waals surface area contributed by atoms with Crippen LogP contribution in [0.5, 0.6) is 0 Å². The number of nitrogens with zero attached hydrogens (tertiary/aromatic N) is 3. The molecular formula is C32H28FN3O5S. The van der Waals surface area contributed by atoms with Gasteiger partial charge in [-0.1, -0.05) is 29.8 Å².